The van der Waals surface area contributed by atoms with Crippen LogP contribution < -0.4 is 14.8 Å². The van der Waals surface area contributed by atoms with Gasteiger partial charge >= 0.3 is 0 Å². The number of furan rings is 1. The first-order valence-corrected chi connectivity index (χ1v) is 8.95. The van der Waals surface area contributed by atoms with E-state index < -0.39 is 0 Å². The Bertz CT molecular complexity index is 972. The number of aryl methyl sites for hydroxylation is 1. The van der Waals surface area contributed by atoms with E-state index in [0.29, 0.717) is 23.1 Å². The van der Waals surface area contributed by atoms with E-state index in [1.165, 1.54) is 11.1 Å². The standard InChI is InChI=1S/C22H25NO4/c1-13(2)17-11-18-15(12-27-21(18)8-14(17)3)9-22(24)23-19-10-16(25-4)6-7-20(19)26-5/h6-8,10-13H,9H2,1-5H3,(H,23,24). The highest BCUT2D eigenvalue weighted by atomic mass is 16.5. The van der Waals surface area contributed by atoms with Crippen molar-refractivity contribution in [2.24, 2.45) is 0 Å². The maximum Gasteiger partial charge on any atom is 0.229 e. The molecule has 0 unspecified atom stereocenters. The Labute approximate surface area is 159 Å². The van der Waals surface area contributed by atoms with Crippen LogP contribution in [0.1, 0.15) is 36.5 Å². The normalized spacial score (nSPS) is 11.0. The smallest absolute Gasteiger partial charge is 0.229 e. The fraction of sp³-hybridized carbons (Fsp3) is 0.318. The molecule has 0 spiro atoms. The molecule has 1 aromatic heterocycles. The third kappa shape index (κ3) is 3.92. The molecule has 0 atom stereocenters. The Morgan fingerprint density at radius 3 is 2.59 bits per heavy atom. The average molecular weight is 367 g/mol. The van der Waals surface area contributed by atoms with Gasteiger partial charge in [0.15, 0.2) is 0 Å². The van der Waals surface area contributed by atoms with Crippen LogP contribution >= 0.6 is 0 Å². The molecule has 142 valence electrons. The van der Waals surface area contributed by atoms with Gasteiger partial charge in [-0.3, -0.25) is 4.79 Å². The summed E-state index contributed by atoms with van der Waals surface area (Å²) in [5.41, 5.74) is 4.71. The lowest BCUT2D eigenvalue weighted by Gasteiger charge is -2.12. The van der Waals surface area contributed by atoms with Gasteiger partial charge in [-0.05, 0) is 48.2 Å². The molecule has 0 saturated heterocycles. The van der Waals surface area contributed by atoms with Gasteiger partial charge in [-0.25, -0.2) is 0 Å². The summed E-state index contributed by atoms with van der Waals surface area (Å²) in [4.78, 5) is 12.6. The van der Waals surface area contributed by atoms with Gasteiger partial charge in [-0.1, -0.05) is 13.8 Å². The first-order valence-electron chi connectivity index (χ1n) is 8.95. The number of carbonyl (C=O) groups is 1. The minimum Gasteiger partial charge on any atom is -0.497 e. The van der Waals surface area contributed by atoms with Crippen molar-refractivity contribution in [2.75, 3.05) is 19.5 Å². The molecule has 2 aromatic carbocycles. The molecule has 0 aliphatic rings. The first kappa shape index (κ1) is 18.8. The van der Waals surface area contributed by atoms with Crippen LogP contribution in [-0.2, 0) is 11.2 Å². The van der Waals surface area contributed by atoms with Gasteiger partial charge < -0.3 is 19.2 Å². The number of anilines is 1. The van der Waals surface area contributed by atoms with E-state index in [-0.39, 0.29) is 12.3 Å². The van der Waals surface area contributed by atoms with E-state index in [1.54, 1.807) is 38.7 Å². The van der Waals surface area contributed by atoms with Gasteiger partial charge in [0.1, 0.15) is 17.1 Å². The maximum atomic E-state index is 12.6. The van der Waals surface area contributed by atoms with Gasteiger partial charge in [0, 0.05) is 17.0 Å². The van der Waals surface area contributed by atoms with Crippen molar-refractivity contribution in [3.05, 3.63) is 53.3 Å². The predicted molar refractivity (Wildman–Crippen MR) is 107 cm³/mol. The third-order valence-corrected chi connectivity index (χ3v) is 4.70. The highest BCUT2D eigenvalue weighted by molar-refractivity contribution is 5.96. The molecule has 0 radical (unpaired) electrons. The summed E-state index contributed by atoms with van der Waals surface area (Å²) in [6, 6.07) is 9.46. The lowest BCUT2D eigenvalue weighted by Crippen LogP contribution is -2.15. The van der Waals surface area contributed by atoms with Crippen molar-refractivity contribution < 1.29 is 18.7 Å². The SMILES string of the molecule is COc1ccc(OC)c(NC(=O)Cc2coc3cc(C)c(C(C)C)cc23)c1. The zero-order valence-electron chi connectivity index (χ0n) is 16.4. The van der Waals surface area contributed by atoms with Crippen LogP contribution in [0.15, 0.2) is 41.0 Å². The van der Waals surface area contributed by atoms with E-state index >= 15 is 0 Å². The maximum absolute atomic E-state index is 12.6. The first-order chi connectivity index (χ1) is 12.9. The second kappa shape index (κ2) is 7.74. The van der Waals surface area contributed by atoms with Crippen molar-refractivity contribution in [3.8, 4) is 11.5 Å². The highest BCUT2D eigenvalue weighted by Crippen LogP contribution is 2.31. The van der Waals surface area contributed by atoms with Gasteiger partial charge in [-0.2, -0.15) is 0 Å². The van der Waals surface area contributed by atoms with Crippen LogP contribution in [0.25, 0.3) is 11.0 Å². The van der Waals surface area contributed by atoms with Crippen molar-refractivity contribution in [1.82, 2.24) is 0 Å². The molecule has 0 aliphatic heterocycles. The van der Waals surface area contributed by atoms with Gasteiger partial charge in [-0.15, -0.1) is 0 Å². The Morgan fingerprint density at radius 1 is 1.15 bits per heavy atom. The summed E-state index contributed by atoms with van der Waals surface area (Å²) >= 11 is 0. The second-order valence-corrected chi connectivity index (χ2v) is 6.91. The number of rotatable bonds is 6. The van der Waals surface area contributed by atoms with Crippen molar-refractivity contribution in [3.63, 3.8) is 0 Å². The second-order valence-electron chi connectivity index (χ2n) is 6.91. The molecule has 5 nitrogen and oxygen atoms in total. The molecule has 0 fully saturated rings. The Kier molecular flexibility index (Phi) is 5.40. The van der Waals surface area contributed by atoms with E-state index in [0.717, 1.165) is 16.5 Å². The molecule has 5 heteroatoms. The molecule has 0 bridgehead atoms. The Hall–Kier alpha value is -2.95. The summed E-state index contributed by atoms with van der Waals surface area (Å²) in [6.07, 6.45) is 1.88. The monoisotopic (exact) mass is 367 g/mol. The number of amides is 1. The molecule has 1 amide bonds. The minimum atomic E-state index is -0.143. The quantitative estimate of drug-likeness (QED) is 0.661. The van der Waals surface area contributed by atoms with Crippen molar-refractivity contribution in [2.45, 2.75) is 33.1 Å². The lowest BCUT2D eigenvalue weighted by molar-refractivity contribution is -0.115. The number of benzene rings is 2. The molecular formula is C22H25NO4. The van der Waals surface area contributed by atoms with Crippen molar-refractivity contribution >= 4 is 22.6 Å². The van der Waals surface area contributed by atoms with Gasteiger partial charge in [0.25, 0.3) is 0 Å². The number of hydrogen-bond donors (Lipinski definition) is 1. The van der Waals surface area contributed by atoms with E-state index in [9.17, 15) is 4.79 Å². The number of carbonyl (C=O) groups excluding carboxylic acids is 1. The molecule has 27 heavy (non-hydrogen) atoms. The minimum absolute atomic E-state index is 0.143. The zero-order chi connectivity index (χ0) is 19.6. The predicted octanol–water partition coefficient (Wildman–Crippen LogP) is 5.06. The lowest BCUT2D eigenvalue weighted by atomic mass is 9.95. The fourth-order valence-corrected chi connectivity index (χ4v) is 3.28. The number of nitrogens with one attached hydrogen (secondary N) is 1. The summed E-state index contributed by atoms with van der Waals surface area (Å²) in [7, 11) is 3.15. The number of ether oxygens (including phenoxy) is 2. The third-order valence-electron chi connectivity index (χ3n) is 4.70. The molecule has 3 rings (SSSR count). The Morgan fingerprint density at radius 2 is 1.93 bits per heavy atom. The molecule has 3 aromatic rings. The fourth-order valence-electron chi connectivity index (χ4n) is 3.28. The van der Waals surface area contributed by atoms with Gasteiger partial charge in [0.2, 0.25) is 5.91 Å². The van der Waals surface area contributed by atoms with E-state index in [4.69, 9.17) is 13.9 Å². The van der Waals surface area contributed by atoms with E-state index in [2.05, 4.69) is 32.2 Å². The summed E-state index contributed by atoms with van der Waals surface area (Å²) in [5.74, 6) is 1.50. The largest absolute Gasteiger partial charge is 0.497 e. The van der Waals surface area contributed by atoms with Crippen LogP contribution in [0.2, 0.25) is 0 Å². The Balaban J connectivity index is 1.85. The number of fused-ring (bicyclic) bond motifs is 1. The van der Waals surface area contributed by atoms with Crippen molar-refractivity contribution in [1.29, 1.82) is 0 Å². The van der Waals surface area contributed by atoms with E-state index in [1.807, 2.05) is 6.07 Å². The molecular weight excluding hydrogens is 342 g/mol. The molecule has 0 saturated carbocycles. The molecule has 1 N–H and O–H groups in total. The van der Waals surface area contributed by atoms with Gasteiger partial charge in [0.05, 0.1) is 32.6 Å². The summed E-state index contributed by atoms with van der Waals surface area (Å²) < 4.78 is 16.2. The summed E-state index contributed by atoms with van der Waals surface area (Å²) in [6.45, 7) is 6.41. The molecule has 0 aliphatic carbocycles. The molecule has 1 heterocycles. The van der Waals surface area contributed by atoms with Crippen LogP contribution in [0, 0.1) is 6.92 Å². The average Bonchev–Trinajstić information content (AvgIpc) is 3.02. The highest BCUT2D eigenvalue weighted by Gasteiger charge is 2.15. The van der Waals surface area contributed by atoms with Crippen LogP contribution in [0.5, 0.6) is 11.5 Å². The number of hydrogen-bond acceptors (Lipinski definition) is 4. The number of methoxy groups -OCH3 is 2. The van der Waals surface area contributed by atoms with Crippen LogP contribution in [0.4, 0.5) is 5.69 Å². The topological polar surface area (TPSA) is 60.7 Å². The zero-order valence-corrected chi connectivity index (χ0v) is 16.4. The van der Waals surface area contributed by atoms with Crippen LogP contribution in [0.3, 0.4) is 0 Å². The summed E-state index contributed by atoms with van der Waals surface area (Å²) in [5, 5.41) is 3.89. The van der Waals surface area contributed by atoms with Crippen LogP contribution in [-0.4, -0.2) is 20.1 Å².